The second-order valence-corrected chi connectivity index (χ2v) is 8.54. The molecule has 0 aliphatic heterocycles. The maximum Gasteiger partial charge on any atom is 0.248 e. The molecule has 0 saturated carbocycles. The predicted octanol–water partition coefficient (Wildman–Crippen LogP) is 3.93. The molecule has 2 aromatic carbocycles. The van der Waals surface area contributed by atoms with Gasteiger partial charge in [0, 0.05) is 16.8 Å². The Bertz CT molecular complexity index is 965. The van der Waals surface area contributed by atoms with E-state index in [1.54, 1.807) is 43.3 Å². The van der Waals surface area contributed by atoms with Crippen LogP contribution in [-0.4, -0.2) is 40.3 Å². The molecule has 0 spiro atoms. The molecule has 1 amide bonds. The summed E-state index contributed by atoms with van der Waals surface area (Å²) in [6, 6.07) is 10.5. The highest BCUT2D eigenvalue weighted by Crippen LogP contribution is 2.35. The van der Waals surface area contributed by atoms with Crippen molar-refractivity contribution in [2.75, 3.05) is 29.6 Å². The molecular weight excluding hydrogens is 416 g/mol. The molecular formula is C20H25ClN2O5S. The second-order valence-electron chi connectivity index (χ2n) is 6.25. The van der Waals surface area contributed by atoms with Gasteiger partial charge in [0.1, 0.15) is 17.5 Å². The van der Waals surface area contributed by atoms with E-state index in [0.29, 0.717) is 28.8 Å². The van der Waals surface area contributed by atoms with E-state index in [2.05, 4.69) is 5.32 Å². The standard InChI is InChI=1S/C20H25ClN2O5S/c1-5-17(20(24)22-15-8-7-9-16(13-15)28-6-2)23(29(4,25)26)18-12-14(21)10-11-19(18)27-3/h7-13,17H,5-6H2,1-4H3,(H,22,24). The van der Waals surface area contributed by atoms with Crippen LogP contribution in [0.15, 0.2) is 42.5 Å². The van der Waals surface area contributed by atoms with E-state index in [9.17, 15) is 13.2 Å². The zero-order valence-electron chi connectivity index (χ0n) is 16.8. The molecule has 9 heteroatoms. The second kappa shape index (κ2) is 9.84. The summed E-state index contributed by atoms with van der Waals surface area (Å²) in [4.78, 5) is 13.0. The Morgan fingerprint density at radius 2 is 1.93 bits per heavy atom. The predicted molar refractivity (Wildman–Crippen MR) is 116 cm³/mol. The fraction of sp³-hybridized carbons (Fsp3) is 0.350. The van der Waals surface area contributed by atoms with Crippen LogP contribution >= 0.6 is 11.6 Å². The molecule has 2 aromatic rings. The number of rotatable bonds is 9. The number of carbonyl (C=O) groups is 1. The lowest BCUT2D eigenvalue weighted by Gasteiger charge is -2.31. The third-order valence-electron chi connectivity index (χ3n) is 4.12. The van der Waals surface area contributed by atoms with Gasteiger partial charge in [0.25, 0.3) is 0 Å². The minimum atomic E-state index is -3.82. The number of methoxy groups -OCH3 is 1. The van der Waals surface area contributed by atoms with Crippen LogP contribution in [0.5, 0.6) is 11.5 Å². The van der Waals surface area contributed by atoms with E-state index < -0.39 is 22.0 Å². The molecule has 1 unspecified atom stereocenters. The van der Waals surface area contributed by atoms with Crippen LogP contribution in [0.2, 0.25) is 5.02 Å². The molecule has 2 rings (SSSR count). The quantitative estimate of drug-likeness (QED) is 0.638. The van der Waals surface area contributed by atoms with E-state index >= 15 is 0 Å². The molecule has 0 heterocycles. The van der Waals surface area contributed by atoms with E-state index in [1.807, 2.05) is 6.92 Å². The van der Waals surface area contributed by atoms with E-state index in [-0.39, 0.29) is 12.1 Å². The van der Waals surface area contributed by atoms with Gasteiger partial charge >= 0.3 is 0 Å². The number of amides is 1. The smallest absolute Gasteiger partial charge is 0.248 e. The zero-order valence-corrected chi connectivity index (χ0v) is 18.4. The molecule has 0 fully saturated rings. The maximum absolute atomic E-state index is 13.0. The minimum absolute atomic E-state index is 0.201. The number of nitrogens with one attached hydrogen (secondary N) is 1. The lowest BCUT2D eigenvalue weighted by molar-refractivity contribution is -0.117. The first-order valence-electron chi connectivity index (χ1n) is 9.07. The van der Waals surface area contributed by atoms with E-state index in [0.717, 1.165) is 10.6 Å². The Hall–Kier alpha value is -2.45. The molecule has 0 bridgehead atoms. The fourth-order valence-corrected chi connectivity index (χ4v) is 4.30. The summed E-state index contributed by atoms with van der Waals surface area (Å²) in [5.74, 6) is 0.424. The summed E-state index contributed by atoms with van der Waals surface area (Å²) in [5.41, 5.74) is 0.707. The fourth-order valence-electron chi connectivity index (χ4n) is 2.93. The van der Waals surface area contributed by atoms with Crippen molar-refractivity contribution >= 4 is 38.9 Å². The van der Waals surface area contributed by atoms with Crippen molar-refractivity contribution in [3.05, 3.63) is 47.5 Å². The van der Waals surface area contributed by atoms with Crippen molar-refractivity contribution < 1.29 is 22.7 Å². The average molecular weight is 441 g/mol. The van der Waals surface area contributed by atoms with Crippen molar-refractivity contribution in [1.82, 2.24) is 0 Å². The Morgan fingerprint density at radius 3 is 2.52 bits per heavy atom. The maximum atomic E-state index is 13.0. The number of ether oxygens (including phenoxy) is 2. The highest BCUT2D eigenvalue weighted by atomic mass is 35.5. The minimum Gasteiger partial charge on any atom is -0.495 e. The summed E-state index contributed by atoms with van der Waals surface area (Å²) in [6.45, 7) is 4.09. The Kier molecular flexibility index (Phi) is 7.75. The largest absolute Gasteiger partial charge is 0.495 e. The van der Waals surface area contributed by atoms with Gasteiger partial charge in [-0.25, -0.2) is 8.42 Å². The number of sulfonamides is 1. The molecule has 0 saturated heterocycles. The van der Waals surface area contributed by atoms with Crippen molar-refractivity contribution in [3.63, 3.8) is 0 Å². The summed E-state index contributed by atoms with van der Waals surface area (Å²) in [6.07, 6.45) is 1.28. The van der Waals surface area contributed by atoms with Crippen molar-refractivity contribution in [2.45, 2.75) is 26.3 Å². The monoisotopic (exact) mass is 440 g/mol. The van der Waals surface area contributed by atoms with E-state index in [4.69, 9.17) is 21.1 Å². The van der Waals surface area contributed by atoms with Gasteiger partial charge in [-0.05, 0) is 43.7 Å². The van der Waals surface area contributed by atoms with Gasteiger partial charge in [-0.1, -0.05) is 24.6 Å². The highest BCUT2D eigenvalue weighted by Gasteiger charge is 2.33. The lowest BCUT2D eigenvalue weighted by Crippen LogP contribution is -2.47. The molecule has 7 nitrogen and oxygen atoms in total. The van der Waals surface area contributed by atoms with Crippen LogP contribution in [-0.2, 0) is 14.8 Å². The average Bonchev–Trinajstić information content (AvgIpc) is 2.65. The van der Waals surface area contributed by atoms with Crippen LogP contribution in [0.3, 0.4) is 0 Å². The lowest BCUT2D eigenvalue weighted by atomic mass is 10.1. The van der Waals surface area contributed by atoms with Crippen molar-refractivity contribution in [1.29, 1.82) is 0 Å². The van der Waals surface area contributed by atoms with Gasteiger partial charge in [-0.15, -0.1) is 0 Å². The van der Waals surface area contributed by atoms with Gasteiger partial charge in [-0.2, -0.15) is 0 Å². The number of carbonyl (C=O) groups excluding carboxylic acids is 1. The number of benzene rings is 2. The summed E-state index contributed by atoms with van der Waals surface area (Å²) < 4.78 is 37.1. The highest BCUT2D eigenvalue weighted by molar-refractivity contribution is 7.92. The number of halogens is 1. The van der Waals surface area contributed by atoms with Gasteiger partial charge in [0.15, 0.2) is 0 Å². The van der Waals surface area contributed by atoms with Gasteiger partial charge < -0.3 is 14.8 Å². The number of nitrogens with zero attached hydrogens (tertiary/aromatic N) is 1. The van der Waals surface area contributed by atoms with E-state index in [1.165, 1.54) is 13.2 Å². The molecule has 0 aliphatic rings. The van der Waals surface area contributed by atoms with Crippen molar-refractivity contribution in [2.24, 2.45) is 0 Å². The SMILES string of the molecule is CCOc1cccc(NC(=O)C(CC)N(c2cc(Cl)ccc2OC)S(C)(=O)=O)c1. The summed E-state index contributed by atoms with van der Waals surface area (Å²) in [7, 11) is -2.40. The van der Waals surface area contributed by atoms with Gasteiger partial charge in [0.2, 0.25) is 15.9 Å². The van der Waals surface area contributed by atoms with Crippen LogP contribution < -0.4 is 19.1 Å². The van der Waals surface area contributed by atoms with Gasteiger partial charge in [-0.3, -0.25) is 9.10 Å². The third-order valence-corrected chi connectivity index (χ3v) is 5.52. The molecule has 158 valence electrons. The first-order chi connectivity index (χ1) is 13.7. The topological polar surface area (TPSA) is 84.9 Å². The number of hydrogen-bond donors (Lipinski definition) is 1. The van der Waals surface area contributed by atoms with Crippen molar-refractivity contribution in [3.8, 4) is 11.5 Å². The number of anilines is 2. The number of hydrogen-bond acceptors (Lipinski definition) is 5. The molecule has 1 N–H and O–H groups in total. The van der Waals surface area contributed by atoms with Crippen LogP contribution in [0.1, 0.15) is 20.3 Å². The first-order valence-corrected chi connectivity index (χ1v) is 11.3. The normalized spacial score (nSPS) is 12.2. The molecule has 0 aromatic heterocycles. The Balaban J connectivity index is 2.43. The third kappa shape index (κ3) is 5.77. The molecule has 0 aliphatic carbocycles. The Morgan fingerprint density at radius 1 is 1.21 bits per heavy atom. The summed E-state index contributed by atoms with van der Waals surface area (Å²) in [5, 5.41) is 3.10. The zero-order chi connectivity index (χ0) is 21.6. The van der Waals surface area contributed by atoms with Crippen LogP contribution in [0, 0.1) is 0 Å². The molecule has 29 heavy (non-hydrogen) atoms. The summed E-state index contributed by atoms with van der Waals surface area (Å²) >= 11 is 6.08. The van der Waals surface area contributed by atoms with Gasteiger partial charge in [0.05, 0.1) is 25.7 Å². The molecule has 0 radical (unpaired) electrons. The molecule has 1 atom stereocenters. The Labute approximate surface area is 176 Å². The van der Waals surface area contributed by atoms with Crippen LogP contribution in [0.4, 0.5) is 11.4 Å². The van der Waals surface area contributed by atoms with Crippen LogP contribution in [0.25, 0.3) is 0 Å². The first kappa shape index (κ1) is 22.8.